The Morgan fingerprint density at radius 3 is 2.73 bits per heavy atom. The van der Waals surface area contributed by atoms with E-state index in [-0.39, 0.29) is 0 Å². The molecule has 0 saturated heterocycles. The third-order valence-corrected chi connectivity index (χ3v) is 3.75. The van der Waals surface area contributed by atoms with E-state index in [9.17, 15) is 0 Å². The van der Waals surface area contributed by atoms with Crippen molar-refractivity contribution in [1.82, 2.24) is 0 Å². The zero-order valence-corrected chi connectivity index (χ0v) is 12.1. The largest absolute Gasteiger partial charge is 0.373 e. The standard InChI is InChI=1S/C11H15BrClNS/c1-14(5-6-15-2)11-4-3-9(8-12)7-10(11)13/h3-4,7H,5-6,8H2,1-2H3. The summed E-state index contributed by atoms with van der Waals surface area (Å²) in [7, 11) is 2.07. The van der Waals surface area contributed by atoms with E-state index in [1.807, 2.05) is 17.8 Å². The summed E-state index contributed by atoms with van der Waals surface area (Å²) < 4.78 is 0. The molecule has 0 radical (unpaired) electrons. The van der Waals surface area contributed by atoms with Crippen molar-refractivity contribution in [3.05, 3.63) is 28.8 Å². The molecule has 0 aliphatic heterocycles. The molecule has 1 aromatic carbocycles. The Morgan fingerprint density at radius 2 is 2.20 bits per heavy atom. The van der Waals surface area contributed by atoms with E-state index in [2.05, 4.69) is 46.3 Å². The number of hydrogen-bond acceptors (Lipinski definition) is 2. The van der Waals surface area contributed by atoms with Crippen molar-refractivity contribution in [3.8, 4) is 0 Å². The monoisotopic (exact) mass is 307 g/mol. The molecule has 4 heteroatoms. The van der Waals surface area contributed by atoms with Crippen LogP contribution in [0.25, 0.3) is 0 Å². The van der Waals surface area contributed by atoms with E-state index < -0.39 is 0 Å². The molecule has 0 atom stereocenters. The number of alkyl halides is 1. The van der Waals surface area contributed by atoms with Crippen molar-refractivity contribution in [3.63, 3.8) is 0 Å². The second-order valence-corrected chi connectivity index (χ2v) is 5.29. The maximum atomic E-state index is 6.21. The van der Waals surface area contributed by atoms with E-state index in [0.717, 1.165) is 28.3 Å². The minimum absolute atomic E-state index is 0.829. The van der Waals surface area contributed by atoms with Gasteiger partial charge in [-0.1, -0.05) is 33.6 Å². The lowest BCUT2D eigenvalue weighted by molar-refractivity contribution is 0.978. The van der Waals surface area contributed by atoms with Crippen LogP contribution >= 0.6 is 39.3 Å². The predicted molar refractivity (Wildman–Crippen MR) is 75.7 cm³/mol. The van der Waals surface area contributed by atoms with Crippen LogP contribution in [-0.4, -0.2) is 25.6 Å². The van der Waals surface area contributed by atoms with Crippen molar-refractivity contribution in [2.24, 2.45) is 0 Å². The average Bonchev–Trinajstić information content (AvgIpc) is 2.25. The van der Waals surface area contributed by atoms with E-state index in [1.54, 1.807) is 0 Å². The Bertz CT molecular complexity index is 319. The second-order valence-electron chi connectivity index (χ2n) is 3.33. The Labute approximate surface area is 109 Å². The lowest BCUT2D eigenvalue weighted by Gasteiger charge is -2.20. The molecule has 0 unspecified atom stereocenters. The summed E-state index contributed by atoms with van der Waals surface area (Å²) in [5.41, 5.74) is 2.32. The zero-order valence-electron chi connectivity index (χ0n) is 8.96. The quantitative estimate of drug-likeness (QED) is 0.755. The molecule has 0 saturated carbocycles. The first-order valence-corrected chi connectivity index (χ1v) is 7.63. The van der Waals surface area contributed by atoms with Crippen LogP contribution in [0.4, 0.5) is 5.69 Å². The summed E-state index contributed by atoms with van der Waals surface area (Å²) in [6.45, 7) is 1.02. The van der Waals surface area contributed by atoms with Crippen LogP contribution in [0.2, 0.25) is 5.02 Å². The highest BCUT2D eigenvalue weighted by atomic mass is 79.9. The van der Waals surface area contributed by atoms with Crippen LogP contribution in [-0.2, 0) is 5.33 Å². The molecule has 0 aliphatic rings. The van der Waals surface area contributed by atoms with Gasteiger partial charge in [-0.3, -0.25) is 0 Å². The van der Waals surface area contributed by atoms with Crippen LogP contribution in [0.15, 0.2) is 18.2 Å². The molecule has 0 fully saturated rings. The predicted octanol–water partition coefficient (Wildman–Crippen LogP) is 4.03. The Morgan fingerprint density at radius 1 is 1.47 bits per heavy atom. The topological polar surface area (TPSA) is 3.24 Å². The van der Waals surface area contributed by atoms with Gasteiger partial charge in [-0.25, -0.2) is 0 Å². The first-order chi connectivity index (χ1) is 7.19. The number of benzene rings is 1. The van der Waals surface area contributed by atoms with Crippen molar-refractivity contribution in [1.29, 1.82) is 0 Å². The molecule has 0 heterocycles. The summed E-state index contributed by atoms with van der Waals surface area (Å²) in [6, 6.07) is 6.20. The molecule has 0 amide bonds. The summed E-state index contributed by atoms with van der Waals surface area (Å²) in [5, 5.41) is 1.68. The minimum Gasteiger partial charge on any atom is -0.373 e. The van der Waals surface area contributed by atoms with Crippen LogP contribution in [0, 0.1) is 0 Å². The average molecular weight is 309 g/mol. The van der Waals surface area contributed by atoms with Gasteiger partial charge >= 0.3 is 0 Å². The van der Waals surface area contributed by atoms with Crippen LogP contribution < -0.4 is 4.90 Å². The second kappa shape index (κ2) is 6.66. The van der Waals surface area contributed by atoms with E-state index in [0.29, 0.717) is 0 Å². The normalized spacial score (nSPS) is 10.4. The molecule has 0 spiro atoms. The van der Waals surface area contributed by atoms with Crippen LogP contribution in [0.3, 0.4) is 0 Å². The lowest BCUT2D eigenvalue weighted by atomic mass is 10.2. The van der Waals surface area contributed by atoms with Crippen LogP contribution in [0.5, 0.6) is 0 Å². The number of hydrogen-bond donors (Lipinski definition) is 0. The SMILES string of the molecule is CSCCN(C)c1ccc(CBr)cc1Cl. The first kappa shape index (κ1) is 13.2. The molecule has 0 N–H and O–H groups in total. The van der Waals surface area contributed by atoms with E-state index in [1.165, 1.54) is 5.56 Å². The highest BCUT2D eigenvalue weighted by molar-refractivity contribution is 9.08. The van der Waals surface area contributed by atoms with Gasteiger partial charge in [-0.2, -0.15) is 11.8 Å². The number of thioether (sulfide) groups is 1. The van der Waals surface area contributed by atoms with Gasteiger partial charge in [-0.15, -0.1) is 0 Å². The summed E-state index contributed by atoms with van der Waals surface area (Å²) in [5.74, 6) is 1.12. The number of anilines is 1. The zero-order chi connectivity index (χ0) is 11.3. The molecule has 1 nitrogen and oxygen atoms in total. The molecule has 1 rings (SSSR count). The van der Waals surface area contributed by atoms with Gasteiger partial charge in [-0.05, 0) is 24.0 Å². The van der Waals surface area contributed by atoms with Gasteiger partial charge in [0.25, 0.3) is 0 Å². The third kappa shape index (κ3) is 3.89. The molecule has 0 aliphatic carbocycles. The molecule has 1 aromatic rings. The maximum Gasteiger partial charge on any atom is 0.0642 e. The Balaban J connectivity index is 2.76. The third-order valence-electron chi connectivity index (χ3n) is 2.21. The summed E-state index contributed by atoms with van der Waals surface area (Å²) >= 11 is 11.5. The fourth-order valence-electron chi connectivity index (χ4n) is 1.29. The highest BCUT2D eigenvalue weighted by Gasteiger charge is 2.05. The fraction of sp³-hybridized carbons (Fsp3) is 0.455. The van der Waals surface area contributed by atoms with E-state index >= 15 is 0 Å². The number of nitrogens with zero attached hydrogens (tertiary/aromatic N) is 1. The highest BCUT2D eigenvalue weighted by Crippen LogP contribution is 2.26. The van der Waals surface area contributed by atoms with Crippen molar-refractivity contribution in [2.75, 3.05) is 30.5 Å². The van der Waals surface area contributed by atoms with Crippen molar-refractivity contribution >= 4 is 45.0 Å². The Hall–Kier alpha value is 0.140. The van der Waals surface area contributed by atoms with Crippen LogP contribution in [0.1, 0.15) is 5.56 Å². The maximum absolute atomic E-state index is 6.21. The summed E-state index contributed by atoms with van der Waals surface area (Å²) in [6.07, 6.45) is 2.11. The van der Waals surface area contributed by atoms with Gasteiger partial charge in [0.15, 0.2) is 0 Å². The summed E-state index contributed by atoms with van der Waals surface area (Å²) in [4.78, 5) is 2.19. The fourth-order valence-corrected chi connectivity index (χ4v) is 2.44. The van der Waals surface area contributed by atoms with Crippen molar-refractivity contribution < 1.29 is 0 Å². The molecule has 0 bridgehead atoms. The molecule has 0 aromatic heterocycles. The smallest absolute Gasteiger partial charge is 0.0642 e. The molecular weight excluding hydrogens is 294 g/mol. The minimum atomic E-state index is 0.829. The van der Waals surface area contributed by atoms with E-state index in [4.69, 9.17) is 11.6 Å². The van der Waals surface area contributed by atoms with Gasteiger partial charge in [0, 0.05) is 24.7 Å². The van der Waals surface area contributed by atoms with Gasteiger partial charge in [0.1, 0.15) is 0 Å². The lowest BCUT2D eigenvalue weighted by Crippen LogP contribution is -2.20. The first-order valence-electron chi connectivity index (χ1n) is 4.73. The van der Waals surface area contributed by atoms with Crippen molar-refractivity contribution in [2.45, 2.75) is 5.33 Å². The molecule has 15 heavy (non-hydrogen) atoms. The Kier molecular flexibility index (Phi) is 5.87. The molecular formula is C11H15BrClNS. The number of halogens is 2. The number of rotatable bonds is 5. The van der Waals surface area contributed by atoms with Gasteiger partial charge in [0.05, 0.1) is 10.7 Å². The molecule has 84 valence electrons. The van der Waals surface area contributed by atoms with Gasteiger partial charge in [0.2, 0.25) is 0 Å². The van der Waals surface area contributed by atoms with Gasteiger partial charge < -0.3 is 4.90 Å².